The first-order valence-corrected chi connectivity index (χ1v) is 8.64. The lowest BCUT2D eigenvalue weighted by atomic mass is 10.2. The molecule has 9 heteroatoms. The summed E-state index contributed by atoms with van der Waals surface area (Å²) < 4.78 is 19.3. The molecule has 0 aliphatic heterocycles. The number of halogens is 1. The molecule has 2 aromatic heterocycles. The Hall–Kier alpha value is -4.14. The summed E-state index contributed by atoms with van der Waals surface area (Å²) in [5.74, 6) is 0.0716. The van der Waals surface area contributed by atoms with Crippen LogP contribution in [0.15, 0.2) is 65.6 Å². The standard InChI is InChI=1S/C20H15FN6O2/c1-12(28)24-13-5-4-6-14(9-13)25-18-16(10-22-11-23-18)20-26-19(27-29-20)15-7-2-3-8-17(15)21/h2-11H,1H3,(H,24,28)(H,22,23,25). The van der Waals surface area contributed by atoms with Crippen LogP contribution in [-0.4, -0.2) is 26.0 Å². The highest BCUT2D eigenvalue weighted by Gasteiger charge is 2.17. The van der Waals surface area contributed by atoms with Gasteiger partial charge in [0.05, 0.1) is 5.56 Å². The van der Waals surface area contributed by atoms with Crippen LogP contribution in [0, 0.1) is 5.82 Å². The van der Waals surface area contributed by atoms with E-state index < -0.39 is 5.82 Å². The van der Waals surface area contributed by atoms with Crippen molar-refractivity contribution in [1.82, 2.24) is 20.1 Å². The Labute approximate surface area is 164 Å². The van der Waals surface area contributed by atoms with Gasteiger partial charge in [-0.2, -0.15) is 4.98 Å². The predicted molar refractivity (Wildman–Crippen MR) is 105 cm³/mol. The highest BCUT2D eigenvalue weighted by Crippen LogP contribution is 2.29. The maximum absolute atomic E-state index is 14.0. The predicted octanol–water partition coefficient (Wildman–Crippen LogP) is 4.03. The molecule has 29 heavy (non-hydrogen) atoms. The monoisotopic (exact) mass is 390 g/mol. The van der Waals surface area contributed by atoms with Crippen molar-refractivity contribution >= 4 is 23.1 Å². The summed E-state index contributed by atoms with van der Waals surface area (Å²) in [7, 11) is 0. The lowest BCUT2D eigenvalue weighted by molar-refractivity contribution is -0.114. The topological polar surface area (TPSA) is 106 Å². The smallest absolute Gasteiger partial charge is 0.263 e. The summed E-state index contributed by atoms with van der Waals surface area (Å²) in [6.07, 6.45) is 2.89. The van der Waals surface area contributed by atoms with E-state index in [2.05, 4.69) is 30.7 Å². The van der Waals surface area contributed by atoms with Gasteiger partial charge in [0.25, 0.3) is 5.89 Å². The van der Waals surface area contributed by atoms with E-state index in [1.165, 1.54) is 25.5 Å². The molecule has 0 spiro atoms. The summed E-state index contributed by atoms with van der Waals surface area (Å²) >= 11 is 0. The van der Waals surface area contributed by atoms with Crippen LogP contribution < -0.4 is 10.6 Å². The van der Waals surface area contributed by atoms with Crippen LogP contribution in [0.2, 0.25) is 0 Å². The average molecular weight is 390 g/mol. The lowest BCUT2D eigenvalue weighted by Gasteiger charge is -2.09. The maximum atomic E-state index is 14.0. The van der Waals surface area contributed by atoms with Gasteiger partial charge in [-0.15, -0.1) is 0 Å². The van der Waals surface area contributed by atoms with Crippen molar-refractivity contribution in [1.29, 1.82) is 0 Å². The Kier molecular flexibility index (Phi) is 4.93. The first-order chi connectivity index (χ1) is 14.1. The first kappa shape index (κ1) is 18.2. The number of aromatic nitrogens is 4. The van der Waals surface area contributed by atoms with Gasteiger partial charge in [0, 0.05) is 24.5 Å². The molecule has 0 atom stereocenters. The molecule has 2 N–H and O–H groups in total. The number of amides is 1. The van der Waals surface area contributed by atoms with Gasteiger partial charge in [-0.1, -0.05) is 23.4 Å². The molecule has 0 aliphatic rings. The molecule has 2 aromatic carbocycles. The van der Waals surface area contributed by atoms with Crippen molar-refractivity contribution in [3.63, 3.8) is 0 Å². The van der Waals surface area contributed by atoms with E-state index in [0.29, 0.717) is 22.8 Å². The molecule has 0 radical (unpaired) electrons. The van der Waals surface area contributed by atoms with Gasteiger partial charge in [0.15, 0.2) is 0 Å². The fraction of sp³-hybridized carbons (Fsp3) is 0.0500. The van der Waals surface area contributed by atoms with Crippen molar-refractivity contribution in [2.75, 3.05) is 10.6 Å². The van der Waals surface area contributed by atoms with Crippen LogP contribution in [-0.2, 0) is 4.79 Å². The minimum absolute atomic E-state index is 0.126. The minimum Gasteiger partial charge on any atom is -0.339 e. The van der Waals surface area contributed by atoms with Gasteiger partial charge in [0.2, 0.25) is 11.7 Å². The Bertz CT molecular complexity index is 1180. The van der Waals surface area contributed by atoms with Crippen LogP contribution in [0.5, 0.6) is 0 Å². The number of benzene rings is 2. The van der Waals surface area contributed by atoms with Crippen molar-refractivity contribution in [2.45, 2.75) is 6.92 Å². The second kappa shape index (κ2) is 7.85. The zero-order chi connectivity index (χ0) is 20.2. The Morgan fingerprint density at radius 2 is 1.90 bits per heavy atom. The molecule has 0 unspecified atom stereocenters. The average Bonchev–Trinajstić information content (AvgIpc) is 3.18. The molecule has 0 saturated heterocycles. The lowest BCUT2D eigenvalue weighted by Crippen LogP contribution is -2.06. The number of anilines is 3. The van der Waals surface area contributed by atoms with E-state index >= 15 is 0 Å². The molecule has 4 aromatic rings. The molecule has 0 saturated carbocycles. The Balaban J connectivity index is 1.65. The fourth-order valence-corrected chi connectivity index (χ4v) is 2.69. The fourth-order valence-electron chi connectivity index (χ4n) is 2.69. The molecule has 1 amide bonds. The number of carbonyl (C=O) groups is 1. The van der Waals surface area contributed by atoms with Crippen LogP contribution in [0.3, 0.4) is 0 Å². The van der Waals surface area contributed by atoms with Gasteiger partial charge in [-0.25, -0.2) is 14.4 Å². The van der Waals surface area contributed by atoms with E-state index in [4.69, 9.17) is 4.52 Å². The normalized spacial score (nSPS) is 10.6. The van der Waals surface area contributed by atoms with Crippen LogP contribution in [0.1, 0.15) is 6.92 Å². The number of hydrogen-bond donors (Lipinski definition) is 2. The molecule has 0 bridgehead atoms. The van der Waals surface area contributed by atoms with E-state index in [1.807, 2.05) is 6.07 Å². The Morgan fingerprint density at radius 1 is 1.07 bits per heavy atom. The van der Waals surface area contributed by atoms with Crippen LogP contribution in [0.4, 0.5) is 21.6 Å². The third-order valence-corrected chi connectivity index (χ3v) is 3.93. The second-order valence-electron chi connectivity index (χ2n) is 6.07. The van der Waals surface area contributed by atoms with Crippen LogP contribution >= 0.6 is 0 Å². The van der Waals surface area contributed by atoms with Gasteiger partial charge >= 0.3 is 0 Å². The number of nitrogens with zero attached hydrogens (tertiary/aromatic N) is 4. The van der Waals surface area contributed by atoms with Crippen molar-refractivity contribution in [3.05, 3.63) is 66.9 Å². The zero-order valence-electron chi connectivity index (χ0n) is 15.3. The Morgan fingerprint density at radius 3 is 2.72 bits per heavy atom. The zero-order valence-corrected chi connectivity index (χ0v) is 15.3. The largest absolute Gasteiger partial charge is 0.339 e. The maximum Gasteiger partial charge on any atom is 0.263 e. The van der Waals surface area contributed by atoms with Gasteiger partial charge < -0.3 is 15.2 Å². The molecule has 4 rings (SSSR count). The second-order valence-corrected chi connectivity index (χ2v) is 6.07. The summed E-state index contributed by atoms with van der Waals surface area (Å²) in [6.45, 7) is 1.44. The van der Waals surface area contributed by atoms with E-state index in [-0.39, 0.29) is 23.2 Å². The summed E-state index contributed by atoms with van der Waals surface area (Å²) in [6, 6.07) is 13.3. The molecule has 144 valence electrons. The van der Waals surface area contributed by atoms with Gasteiger partial charge in [0.1, 0.15) is 23.5 Å². The van der Waals surface area contributed by atoms with Crippen molar-refractivity contribution < 1.29 is 13.7 Å². The molecular formula is C20H15FN6O2. The van der Waals surface area contributed by atoms with Gasteiger partial charge in [-0.3, -0.25) is 4.79 Å². The van der Waals surface area contributed by atoms with Crippen molar-refractivity contribution in [3.8, 4) is 22.8 Å². The summed E-state index contributed by atoms with van der Waals surface area (Å²) in [5.41, 5.74) is 2.01. The minimum atomic E-state index is -0.447. The number of hydrogen-bond acceptors (Lipinski definition) is 7. The quantitative estimate of drug-likeness (QED) is 0.530. The summed E-state index contributed by atoms with van der Waals surface area (Å²) in [4.78, 5) is 23.8. The molecule has 2 heterocycles. The molecule has 8 nitrogen and oxygen atoms in total. The summed E-state index contributed by atoms with van der Waals surface area (Å²) in [5, 5.41) is 9.72. The molecular weight excluding hydrogens is 375 g/mol. The highest BCUT2D eigenvalue weighted by atomic mass is 19.1. The van der Waals surface area contributed by atoms with E-state index in [1.54, 1.807) is 36.4 Å². The SMILES string of the molecule is CC(=O)Nc1cccc(Nc2ncncc2-c2nc(-c3ccccc3F)no2)c1. The van der Waals surface area contributed by atoms with E-state index in [0.717, 1.165) is 0 Å². The van der Waals surface area contributed by atoms with Gasteiger partial charge in [-0.05, 0) is 30.3 Å². The highest BCUT2D eigenvalue weighted by molar-refractivity contribution is 5.89. The number of nitrogens with one attached hydrogen (secondary N) is 2. The molecule has 0 fully saturated rings. The number of rotatable bonds is 5. The molecule has 0 aliphatic carbocycles. The third kappa shape index (κ3) is 4.08. The third-order valence-electron chi connectivity index (χ3n) is 3.93. The first-order valence-electron chi connectivity index (χ1n) is 8.64. The van der Waals surface area contributed by atoms with Crippen LogP contribution in [0.25, 0.3) is 22.8 Å². The van der Waals surface area contributed by atoms with Crippen molar-refractivity contribution in [2.24, 2.45) is 0 Å². The van der Waals surface area contributed by atoms with E-state index in [9.17, 15) is 9.18 Å². The number of carbonyl (C=O) groups excluding carboxylic acids is 1.